The lowest BCUT2D eigenvalue weighted by Gasteiger charge is -2.34. The number of halogens is 3. The van der Waals surface area contributed by atoms with Gasteiger partial charge in [-0.3, -0.25) is 9.79 Å². The van der Waals surface area contributed by atoms with Crippen LogP contribution in [-0.4, -0.2) is 78.3 Å². The van der Waals surface area contributed by atoms with Crippen LogP contribution in [0, 0.1) is 6.92 Å². The molecule has 2 aromatic rings. The SMILES string of the molecule is Cc1cc(NCC(O)CO)ccc1CCS(=O)(=O)N1CCC2(CC1)N=C(c1cccc(C(F)(F)F)c1)NC2=O. The van der Waals surface area contributed by atoms with Crippen LogP contribution >= 0.6 is 0 Å². The first-order valence-electron chi connectivity index (χ1n) is 12.5. The van der Waals surface area contributed by atoms with E-state index in [0.29, 0.717) is 0 Å². The van der Waals surface area contributed by atoms with E-state index < -0.39 is 39.3 Å². The number of piperidine rings is 1. The first-order valence-corrected chi connectivity index (χ1v) is 14.1. The summed E-state index contributed by atoms with van der Waals surface area (Å²) < 4.78 is 66.8. The normalized spacial score (nSPS) is 18.6. The molecule has 1 spiro atoms. The summed E-state index contributed by atoms with van der Waals surface area (Å²) in [7, 11) is -3.63. The van der Waals surface area contributed by atoms with Crippen molar-refractivity contribution in [2.75, 3.05) is 37.3 Å². The fraction of sp³-hybridized carbons (Fsp3) is 0.462. The molecule has 1 atom stereocenters. The Morgan fingerprint density at radius 2 is 1.90 bits per heavy atom. The summed E-state index contributed by atoms with van der Waals surface area (Å²) in [6, 6.07) is 10.0. The van der Waals surface area contributed by atoms with Crippen LogP contribution in [0.25, 0.3) is 0 Å². The Labute approximate surface area is 224 Å². The van der Waals surface area contributed by atoms with Crippen LogP contribution in [0.3, 0.4) is 0 Å². The Hall–Kier alpha value is -3.00. The minimum Gasteiger partial charge on any atom is -0.394 e. The summed E-state index contributed by atoms with van der Waals surface area (Å²) in [5, 5.41) is 24.0. The van der Waals surface area contributed by atoms with Gasteiger partial charge in [0.1, 0.15) is 11.4 Å². The molecule has 212 valence electrons. The molecular formula is C26H31F3N4O5S. The summed E-state index contributed by atoms with van der Waals surface area (Å²) in [6.45, 7) is 1.84. The molecule has 1 saturated heterocycles. The van der Waals surface area contributed by atoms with Crippen molar-refractivity contribution in [3.63, 3.8) is 0 Å². The van der Waals surface area contributed by atoms with Crippen molar-refractivity contribution in [1.82, 2.24) is 9.62 Å². The maximum absolute atomic E-state index is 13.1. The standard InChI is InChI=1S/C26H31F3N4O5S/c1-17-13-21(30-15-22(35)16-34)6-5-18(17)7-12-39(37,38)33-10-8-25(9-11-33)24(36)31-23(32-25)19-3-2-4-20(14-19)26(27,28)29/h2-6,13-14,22,30,34-35H,7-12,15-16H2,1H3,(H,31,32,36). The zero-order chi connectivity index (χ0) is 28.4. The number of nitrogens with one attached hydrogen (secondary N) is 2. The molecule has 0 saturated carbocycles. The smallest absolute Gasteiger partial charge is 0.394 e. The van der Waals surface area contributed by atoms with Crippen molar-refractivity contribution in [3.8, 4) is 0 Å². The second kappa shape index (κ2) is 11.2. The van der Waals surface area contributed by atoms with E-state index in [1.807, 2.05) is 19.1 Å². The number of carbonyl (C=O) groups is 1. The Morgan fingerprint density at radius 3 is 2.54 bits per heavy atom. The van der Waals surface area contributed by atoms with Crippen molar-refractivity contribution < 1.29 is 36.6 Å². The number of carbonyl (C=O) groups excluding carboxylic acids is 1. The van der Waals surface area contributed by atoms with Crippen LogP contribution in [0.1, 0.15) is 35.1 Å². The van der Waals surface area contributed by atoms with Crippen molar-refractivity contribution in [1.29, 1.82) is 0 Å². The van der Waals surface area contributed by atoms with E-state index >= 15 is 0 Å². The number of alkyl halides is 3. The van der Waals surface area contributed by atoms with Gasteiger partial charge in [0.25, 0.3) is 5.91 Å². The van der Waals surface area contributed by atoms with Crippen molar-refractivity contribution >= 4 is 27.5 Å². The van der Waals surface area contributed by atoms with E-state index in [2.05, 4.69) is 15.6 Å². The molecule has 1 unspecified atom stereocenters. The number of nitrogens with zero attached hydrogens (tertiary/aromatic N) is 2. The summed E-state index contributed by atoms with van der Waals surface area (Å²) >= 11 is 0. The molecule has 2 heterocycles. The molecule has 4 N–H and O–H groups in total. The van der Waals surface area contributed by atoms with Crippen molar-refractivity contribution in [2.24, 2.45) is 4.99 Å². The lowest BCUT2D eigenvalue weighted by Crippen LogP contribution is -2.50. The zero-order valence-electron chi connectivity index (χ0n) is 21.3. The van der Waals surface area contributed by atoms with Gasteiger partial charge < -0.3 is 20.8 Å². The van der Waals surface area contributed by atoms with Crippen LogP contribution in [0.15, 0.2) is 47.5 Å². The highest BCUT2D eigenvalue weighted by Gasteiger charge is 2.47. The summed E-state index contributed by atoms with van der Waals surface area (Å²) in [6.07, 6.45) is -4.88. The van der Waals surface area contributed by atoms with Crippen LogP contribution in [0.4, 0.5) is 18.9 Å². The van der Waals surface area contributed by atoms with Gasteiger partial charge >= 0.3 is 6.18 Å². The number of amidine groups is 1. The van der Waals surface area contributed by atoms with E-state index in [0.717, 1.165) is 28.9 Å². The van der Waals surface area contributed by atoms with Gasteiger partial charge in [0.15, 0.2) is 0 Å². The minimum atomic E-state index is -4.53. The Bertz CT molecular complexity index is 1360. The van der Waals surface area contributed by atoms with Gasteiger partial charge in [-0.2, -0.15) is 13.2 Å². The largest absolute Gasteiger partial charge is 0.416 e. The monoisotopic (exact) mass is 568 g/mol. The minimum absolute atomic E-state index is 0.0571. The predicted octanol–water partition coefficient (Wildman–Crippen LogP) is 2.06. The number of sulfonamides is 1. The third-order valence-corrected chi connectivity index (χ3v) is 8.98. The van der Waals surface area contributed by atoms with Gasteiger partial charge in [0.2, 0.25) is 10.0 Å². The number of benzene rings is 2. The molecule has 2 aromatic carbocycles. The number of aliphatic hydroxyl groups is 2. The van der Waals surface area contributed by atoms with E-state index in [4.69, 9.17) is 5.11 Å². The molecule has 1 amide bonds. The summed E-state index contributed by atoms with van der Waals surface area (Å²) in [4.78, 5) is 17.2. The first kappa shape index (κ1) is 29.0. The molecule has 2 aliphatic heterocycles. The zero-order valence-corrected chi connectivity index (χ0v) is 22.1. The lowest BCUT2D eigenvalue weighted by atomic mass is 9.89. The van der Waals surface area contributed by atoms with Gasteiger partial charge in [-0.1, -0.05) is 18.2 Å². The van der Waals surface area contributed by atoms with Gasteiger partial charge in [0.05, 0.1) is 24.0 Å². The first-order chi connectivity index (χ1) is 18.3. The highest BCUT2D eigenvalue weighted by atomic mass is 32.2. The van der Waals surface area contributed by atoms with E-state index in [-0.39, 0.29) is 62.7 Å². The van der Waals surface area contributed by atoms with Gasteiger partial charge in [-0.05, 0) is 61.6 Å². The van der Waals surface area contributed by atoms with Crippen molar-refractivity contribution in [3.05, 3.63) is 64.7 Å². The molecule has 2 aliphatic rings. The molecule has 1 fully saturated rings. The second-order valence-electron chi connectivity index (χ2n) is 9.85. The number of hydrogen-bond donors (Lipinski definition) is 4. The number of anilines is 1. The number of rotatable bonds is 9. The molecule has 0 aliphatic carbocycles. The van der Waals surface area contributed by atoms with E-state index in [9.17, 15) is 31.5 Å². The lowest BCUT2D eigenvalue weighted by molar-refractivity contribution is -0.137. The molecule has 4 rings (SSSR count). The topological polar surface area (TPSA) is 131 Å². The maximum Gasteiger partial charge on any atom is 0.416 e. The fourth-order valence-corrected chi connectivity index (χ4v) is 6.20. The third kappa shape index (κ3) is 6.60. The van der Waals surface area contributed by atoms with Crippen molar-refractivity contribution in [2.45, 2.75) is 44.0 Å². The fourth-order valence-electron chi connectivity index (χ4n) is 4.72. The van der Waals surface area contributed by atoms with Crippen LogP contribution in [0.2, 0.25) is 0 Å². The molecule has 0 bridgehead atoms. The highest BCUT2D eigenvalue weighted by molar-refractivity contribution is 7.89. The Morgan fingerprint density at radius 1 is 1.18 bits per heavy atom. The molecule has 39 heavy (non-hydrogen) atoms. The van der Waals surface area contributed by atoms with E-state index in [1.165, 1.54) is 16.4 Å². The average Bonchev–Trinajstić information content (AvgIpc) is 3.21. The van der Waals surface area contributed by atoms with E-state index in [1.54, 1.807) is 6.07 Å². The number of amides is 1. The Balaban J connectivity index is 1.37. The number of aliphatic hydroxyl groups excluding tert-OH is 2. The number of aryl methyl sites for hydroxylation is 2. The van der Waals surface area contributed by atoms with Gasteiger partial charge in [0, 0.05) is 30.9 Å². The van der Waals surface area contributed by atoms with Gasteiger partial charge in [-0.15, -0.1) is 0 Å². The van der Waals surface area contributed by atoms with Crippen LogP contribution in [-0.2, 0) is 27.4 Å². The quantitative estimate of drug-likeness (QED) is 0.366. The maximum atomic E-state index is 13.1. The molecule has 0 radical (unpaired) electrons. The second-order valence-corrected chi connectivity index (χ2v) is 11.9. The molecule has 13 heteroatoms. The molecular weight excluding hydrogens is 537 g/mol. The van der Waals surface area contributed by atoms with Gasteiger partial charge in [-0.25, -0.2) is 12.7 Å². The molecule has 0 aromatic heterocycles. The summed E-state index contributed by atoms with van der Waals surface area (Å²) in [5.41, 5.74) is 0.564. The average molecular weight is 569 g/mol. The number of aliphatic imine (C=N–C) groups is 1. The third-order valence-electron chi connectivity index (χ3n) is 7.11. The summed E-state index contributed by atoms with van der Waals surface area (Å²) in [5.74, 6) is -0.508. The number of hydrogen-bond acceptors (Lipinski definition) is 7. The van der Waals surface area contributed by atoms with Crippen LogP contribution < -0.4 is 10.6 Å². The predicted molar refractivity (Wildman–Crippen MR) is 140 cm³/mol. The molecule has 9 nitrogen and oxygen atoms in total. The van der Waals surface area contributed by atoms with Crippen LogP contribution in [0.5, 0.6) is 0 Å². The Kier molecular flexibility index (Phi) is 8.36. The highest BCUT2D eigenvalue weighted by Crippen LogP contribution is 2.34.